The second-order valence-electron chi connectivity index (χ2n) is 7.13. The molecule has 0 radical (unpaired) electrons. The van der Waals surface area contributed by atoms with E-state index in [1.807, 2.05) is 16.8 Å². The Morgan fingerprint density at radius 3 is 2.86 bits per heavy atom. The standard InChI is InChI=1S/C20H26N6.C2H2/c1-16-11-21-8-10-25(13-16)14-18-7-9-26-19(18)20(23-15-24-26)22-12-17-5-3-2-4-6-17;1-2/h2-7,9,15-16,21H,8,10-14H2,1H3,(H,22,23,24);1-2H/t16-;/m1./s1. The van der Waals surface area contributed by atoms with Crippen LogP contribution in [0.3, 0.4) is 0 Å². The third-order valence-electron chi connectivity index (χ3n) is 4.90. The average molecular weight is 377 g/mol. The first-order valence-corrected chi connectivity index (χ1v) is 9.65. The minimum Gasteiger partial charge on any atom is -0.364 e. The number of hydrogen-bond acceptors (Lipinski definition) is 5. The van der Waals surface area contributed by atoms with E-state index in [-0.39, 0.29) is 0 Å². The number of fused-ring (bicyclic) bond motifs is 1. The van der Waals surface area contributed by atoms with E-state index in [1.54, 1.807) is 6.33 Å². The fraction of sp³-hybridized carbons (Fsp3) is 0.364. The molecule has 0 amide bonds. The molecule has 2 aromatic heterocycles. The lowest BCUT2D eigenvalue weighted by Gasteiger charge is -2.21. The molecule has 0 saturated carbocycles. The Bertz CT molecular complexity index is 886. The second kappa shape index (κ2) is 9.88. The van der Waals surface area contributed by atoms with Gasteiger partial charge in [-0.05, 0) is 29.7 Å². The highest BCUT2D eigenvalue weighted by molar-refractivity contribution is 5.72. The van der Waals surface area contributed by atoms with Gasteiger partial charge in [-0.15, -0.1) is 12.8 Å². The quantitative estimate of drug-likeness (QED) is 0.671. The van der Waals surface area contributed by atoms with Crippen molar-refractivity contribution in [1.29, 1.82) is 0 Å². The van der Waals surface area contributed by atoms with E-state index in [9.17, 15) is 0 Å². The van der Waals surface area contributed by atoms with Crippen LogP contribution in [0, 0.1) is 18.8 Å². The van der Waals surface area contributed by atoms with Crippen LogP contribution in [0.5, 0.6) is 0 Å². The van der Waals surface area contributed by atoms with Crippen LogP contribution in [0.15, 0.2) is 48.9 Å². The number of nitrogens with one attached hydrogen (secondary N) is 2. The molecule has 1 aliphatic rings. The number of aromatic nitrogens is 3. The molecule has 146 valence electrons. The molecule has 0 bridgehead atoms. The molecule has 2 N–H and O–H groups in total. The van der Waals surface area contributed by atoms with Gasteiger partial charge in [0.2, 0.25) is 0 Å². The van der Waals surface area contributed by atoms with Gasteiger partial charge in [-0.3, -0.25) is 4.90 Å². The van der Waals surface area contributed by atoms with Crippen LogP contribution in [0.1, 0.15) is 18.1 Å². The van der Waals surface area contributed by atoms with Gasteiger partial charge in [-0.2, -0.15) is 5.10 Å². The van der Waals surface area contributed by atoms with Gasteiger partial charge >= 0.3 is 0 Å². The lowest BCUT2D eigenvalue weighted by molar-refractivity contribution is 0.257. The summed E-state index contributed by atoms with van der Waals surface area (Å²) in [5, 5.41) is 11.4. The molecule has 1 saturated heterocycles. The van der Waals surface area contributed by atoms with Crippen molar-refractivity contribution < 1.29 is 0 Å². The summed E-state index contributed by atoms with van der Waals surface area (Å²) in [6.45, 7) is 8.32. The SMILES string of the molecule is C#C.C[C@@H]1CNCCN(Cc2ccn3ncnc(NCc4ccccc4)c23)C1. The van der Waals surface area contributed by atoms with Crippen LogP contribution in [-0.2, 0) is 13.1 Å². The second-order valence-corrected chi connectivity index (χ2v) is 7.13. The summed E-state index contributed by atoms with van der Waals surface area (Å²) >= 11 is 0. The number of benzene rings is 1. The van der Waals surface area contributed by atoms with Crippen molar-refractivity contribution in [2.24, 2.45) is 5.92 Å². The van der Waals surface area contributed by atoms with Crippen molar-refractivity contribution in [2.45, 2.75) is 20.0 Å². The molecule has 0 spiro atoms. The molecule has 3 aromatic rings. The molecule has 1 fully saturated rings. The topological polar surface area (TPSA) is 57.5 Å². The van der Waals surface area contributed by atoms with Crippen molar-refractivity contribution >= 4 is 11.3 Å². The zero-order valence-electron chi connectivity index (χ0n) is 16.4. The number of rotatable bonds is 5. The van der Waals surface area contributed by atoms with Gasteiger partial charge < -0.3 is 10.6 Å². The van der Waals surface area contributed by atoms with Crippen LogP contribution >= 0.6 is 0 Å². The fourth-order valence-electron chi connectivity index (χ4n) is 3.62. The van der Waals surface area contributed by atoms with Gasteiger partial charge in [0.15, 0.2) is 5.82 Å². The monoisotopic (exact) mass is 376 g/mol. The molecule has 0 unspecified atom stereocenters. The van der Waals surface area contributed by atoms with Crippen LogP contribution < -0.4 is 10.6 Å². The van der Waals surface area contributed by atoms with Gasteiger partial charge in [-0.25, -0.2) is 9.50 Å². The fourth-order valence-corrected chi connectivity index (χ4v) is 3.62. The smallest absolute Gasteiger partial charge is 0.154 e. The normalized spacial score (nSPS) is 17.5. The van der Waals surface area contributed by atoms with E-state index in [2.05, 4.69) is 75.7 Å². The highest BCUT2D eigenvalue weighted by atomic mass is 15.3. The summed E-state index contributed by atoms with van der Waals surface area (Å²) in [7, 11) is 0. The van der Waals surface area contributed by atoms with Gasteiger partial charge in [0.1, 0.15) is 11.8 Å². The maximum absolute atomic E-state index is 4.51. The maximum atomic E-state index is 4.51. The Balaban J connectivity index is 0.00000109. The van der Waals surface area contributed by atoms with E-state index in [0.29, 0.717) is 5.92 Å². The summed E-state index contributed by atoms with van der Waals surface area (Å²) in [6, 6.07) is 12.6. The van der Waals surface area contributed by atoms with Crippen LogP contribution in [-0.4, -0.2) is 45.7 Å². The van der Waals surface area contributed by atoms with Crippen molar-refractivity contribution in [3.63, 3.8) is 0 Å². The lowest BCUT2D eigenvalue weighted by Crippen LogP contribution is -2.29. The van der Waals surface area contributed by atoms with Crippen molar-refractivity contribution in [3.05, 3.63) is 60.0 Å². The number of anilines is 1. The molecule has 28 heavy (non-hydrogen) atoms. The van der Waals surface area contributed by atoms with Gasteiger partial charge in [-0.1, -0.05) is 37.3 Å². The van der Waals surface area contributed by atoms with Gasteiger partial charge in [0, 0.05) is 38.9 Å². The average Bonchev–Trinajstić information content (AvgIpc) is 3.03. The van der Waals surface area contributed by atoms with Crippen molar-refractivity contribution in [3.8, 4) is 12.8 Å². The Morgan fingerprint density at radius 2 is 2.04 bits per heavy atom. The van der Waals surface area contributed by atoms with E-state index >= 15 is 0 Å². The predicted octanol–water partition coefficient (Wildman–Crippen LogP) is 2.63. The highest BCUT2D eigenvalue weighted by Gasteiger charge is 2.17. The lowest BCUT2D eigenvalue weighted by atomic mass is 10.1. The van der Waals surface area contributed by atoms with Gasteiger partial charge in [0.05, 0.1) is 0 Å². The molecule has 1 aliphatic heterocycles. The summed E-state index contributed by atoms with van der Waals surface area (Å²) in [6.07, 6.45) is 11.6. The molecule has 0 aliphatic carbocycles. The largest absolute Gasteiger partial charge is 0.364 e. The van der Waals surface area contributed by atoms with Crippen molar-refractivity contribution in [2.75, 3.05) is 31.5 Å². The van der Waals surface area contributed by atoms with E-state index in [1.165, 1.54) is 11.1 Å². The minimum atomic E-state index is 0.665. The Morgan fingerprint density at radius 1 is 1.21 bits per heavy atom. The first-order valence-electron chi connectivity index (χ1n) is 9.65. The zero-order valence-corrected chi connectivity index (χ0v) is 16.4. The van der Waals surface area contributed by atoms with E-state index in [4.69, 9.17) is 0 Å². The van der Waals surface area contributed by atoms with Crippen LogP contribution in [0.2, 0.25) is 0 Å². The molecule has 6 heteroatoms. The number of terminal acetylenes is 1. The van der Waals surface area contributed by atoms with Crippen molar-refractivity contribution in [1.82, 2.24) is 24.8 Å². The third-order valence-corrected chi connectivity index (χ3v) is 4.90. The highest BCUT2D eigenvalue weighted by Crippen LogP contribution is 2.22. The molecule has 6 nitrogen and oxygen atoms in total. The molecular weight excluding hydrogens is 348 g/mol. The first kappa shape index (κ1) is 19.9. The summed E-state index contributed by atoms with van der Waals surface area (Å²) < 4.78 is 1.93. The van der Waals surface area contributed by atoms with Crippen LogP contribution in [0.25, 0.3) is 5.52 Å². The first-order chi connectivity index (χ1) is 13.8. The van der Waals surface area contributed by atoms with E-state index in [0.717, 1.165) is 50.6 Å². The Kier molecular flexibility index (Phi) is 7.01. The molecule has 1 atom stereocenters. The third kappa shape index (κ3) is 4.89. The van der Waals surface area contributed by atoms with Gasteiger partial charge in [0.25, 0.3) is 0 Å². The number of hydrogen-bond donors (Lipinski definition) is 2. The number of nitrogens with zero attached hydrogens (tertiary/aromatic N) is 4. The molecular formula is C22H28N6. The predicted molar refractivity (Wildman–Crippen MR) is 114 cm³/mol. The summed E-state index contributed by atoms with van der Waals surface area (Å²) in [5.74, 6) is 1.56. The zero-order chi connectivity index (χ0) is 19.8. The summed E-state index contributed by atoms with van der Waals surface area (Å²) in [4.78, 5) is 7.03. The molecule has 1 aromatic carbocycles. The van der Waals surface area contributed by atoms with Crippen LogP contribution in [0.4, 0.5) is 5.82 Å². The minimum absolute atomic E-state index is 0.665. The summed E-state index contributed by atoms with van der Waals surface area (Å²) in [5.41, 5.74) is 3.59. The Labute approximate surface area is 167 Å². The maximum Gasteiger partial charge on any atom is 0.154 e. The molecule has 4 rings (SSSR count). The Hall–Kier alpha value is -2.88. The molecule has 3 heterocycles. The van der Waals surface area contributed by atoms with E-state index < -0.39 is 0 Å².